The molecular formula is C25H23NO2. The quantitative estimate of drug-likeness (QED) is 0.647. The highest BCUT2D eigenvalue weighted by atomic mass is 16.5. The Bertz CT molecular complexity index is 965. The minimum Gasteiger partial charge on any atom is -0.457 e. The topological polar surface area (TPSA) is 38.3 Å². The first-order chi connectivity index (χ1) is 13.6. The predicted octanol–water partition coefficient (Wildman–Crippen LogP) is 4.95. The molecule has 0 aliphatic carbocycles. The van der Waals surface area contributed by atoms with Crippen molar-refractivity contribution in [1.29, 1.82) is 0 Å². The van der Waals surface area contributed by atoms with Crippen LogP contribution in [-0.4, -0.2) is 11.9 Å². The minimum absolute atomic E-state index is 0.0830. The lowest BCUT2D eigenvalue weighted by Gasteiger charge is -2.07. The molecule has 0 aliphatic heterocycles. The van der Waals surface area contributed by atoms with E-state index in [1.807, 2.05) is 49.4 Å². The zero-order valence-corrected chi connectivity index (χ0v) is 16.1. The van der Waals surface area contributed by atoms with Gasteiger partial charge in [-0.25, -0.2) is 0 Å². The number of hydrogen-bond donors (Lipinski definition) is 1. The summed E-state index contributed by atoms with van der Waals surface area (Å²) < 4.78 is 5.91. The summed E-state index contributed by atoms with van der Waals surface area (Å²) >= 11 is 0. The molecule has 0 bridgehead atoms. The van der Waals surface area contributed by atoms with E-state index in [4.69, 9.17) is 4.74 Å². The molecule has 1 N–H and O–H groups in total. The summed E-state index contributed by atoms with van der Waals surface area (Å²) in [5.74, 6) is 7.53. The van der Waals surface area contributed by atoms with Gasteiger partial charge in [0.05, 0.1) is 6.04 Å². The number of benzene rings is 3. The van der Waals surface area contributed by atoms with E-state index < -0.39 is 0 Å². The summed E-state index contributed by atoms with van der Waals surface area (Å²) in [4.78, 5) is 11.0. The molecular weight excluding hydrogens is 346 g/mol. The average molecular weight is 369 g/mol. The number of amides is 1. The first-order valence-corrected chi connectivity index (χ1v) is 9.28. The van der Waals surface area contributed by atoms with Crippen LogP contribution in [0.3, 0.4) is 0 Å². The fraction of sp³-hybridized carbons (Fsp3) is 0.160. The van der Waals surface area contributed by atoms with Crippen molar-refractivity contribution in [2.45, 2.75) is 26.3 Å². The summed E-state index contributed by atoms with van der Waals surface area (Å²) in [5, 5.41) is 2.74. The third-order valence-electron chi connectivity index (χ3n) is 4.12. The minimum atomic E-state index is -0.178. The van der Waals surface area contributed by atoms with Gasteiger partial charge >= 0.3 is 0 Å². The van der Waals surface area contributed by atoms with Gasteiger partial charge in [0.1, 0.15) is 11.5 Å². The van der Waals surface area contributed by atoms with Crippen LogP contribution in [0.5, 0.6) is 11.5 Å². The second kappa shape index (κ2) is 9.43. The van der Waals surface area contributed by atoms with Crippen molar-refractivity contribution in [2.75, 3.05) is 0 Å². The summed E-state index contributed by atoms with van der Waals surface area (Å²) in [7, 11) is 0. The molecule has 3 nitrogen and oxygen atoms in total. The fourth-order valence-corrected chi connectivity index (χ4v) is 2.78. The largest absolute Gasteiger partial charge is 0.457 e. The van der Waals surface area contributed by atoms with Crippen LogP contribution >= 0.6 is 0 Å². The maximum atomic E-state index is 11.0. The molecule has 0 aliphatic rings. The van der Waals surface area contributed by atoms with Gasteiger partial charge in [0.2, 0.25) is 5.91 Å². The van der Waals surface area contributed by atoms with Crippen LogP contribution in [0, 0.1) is 11.8 Å². The number of rotatable bonds is 5. The summed E-state index contributed by atoms with van der Waals surface area (Å²) in [5.41, 5.74) is 3.42. The number of carbonyl (C=O) groups is 1. The maximum absolute atomic E-state index is 11.0. The molecule has 0 spiro atoms. The van der Waals surface area contributed by atoms with Crippen LogP contribution in [0.15, 0.2) is 78.9 Å². The Morgan fingerprint density at radius 3 is 2.07 bits per heavy atom. The average Bonchev–Trinajstić information content (AvgIpc) is 2.69. The first-order valence-electron chi connectivity index (χ1n) is 9.28. The molecule has 3 aromatic carbocycles. The molecule has 0 fully saturated rings. The Hall–Kier alpha value is -3.51. The van der Waals surface area contributed by atoms with Crippen molar-refractivity contribution < 1.29 is 9.53 Å². The van der Waals surface area contributed by atoms with Crippen LogP contribution in [0.4, 0.5) is 0 Å². The van der Waals surface area contributed by atoms with E-state index in [-0.39, 0.29) is 11.9 Å². The normalized spacial score (nSPS) is 11.1. The third kappa shape index (κ3) is 6.03. The Morgan fingerprint density at radius 1 is 0.893 bits per heavy atom. The molecule has 28 heavy (non-hydrogen) atoms. The maximum Gasteiger partial charge on any atom is 0.217 e. The molecule has 0 saturated carbocycles. The van der Waals surface area contributed by atoms with Crippen molar-refractivity contribution >= 4 is 5.91 Å². The van der Waals surface area contributed by atoms with E-state index in [1.54, 1.807) is 0 Å². The van der Waals surface area contributed by atoms with Crippen LogP contribution in [0.2, 0.25) is 0 Å². The SMILES string of the molecule is CC(=O)NC(C)C#Cc1ccc(Oc2ccc(Cc3ccccc3)cc2)cc1. The second-order valence-corrected chi connectivity index (χ2v) is 6.62. The van der Waals surface area contributed by atoms with Gasteiger partial charge in [0, 0.05) is 12.5 Å². The number of ether oxygens (including phenoxy) is 1. The highest BCUT2D eigenvalue weighted by Crippen LogP contribution is 2.22. The van der Waals surface area contributed by atoms with Crippen LogP contribution < -0.4 is 10.1 Å². The van der Waals surface area contributed by atoms with Crippen LogP contribution in [-0.2, 0) is 11.2 Å². The van der Waals surface area contributed by atoms with Crippen LogP contribution in [0.1, 0.15) is 30.5 Å². The van der Waals surface area contributed by atoms with Crippen molar-refractivity contribution in [2.24, 2.45) is 0 Å². The third-order valence-corrected chi connectivity index (χ3v) is 4.12. The van der Waals surface area contributed by atoms with Gasteiger partial charge in [-0.2, -0.15) is 0 Å². The Kier molecular flexibility index (Phi) is 6.49. The molecule has 3 heteroatoms. The summed E-state index contributed by atoms with van der Waals surface area (Å²) in [6.45, 7) is 3.34. The van der Waals surface area contributed by atoms with E-state index in [1.165, 1.54) is 18.1 Å². The van der Waals surface area contributed by atoms with Gasteiger partial charge in [-0.1, -0.05) is 54.3 Å². The number of nitrogens with one attached hydrogen (secondary N) is 1. The molecule has 1 amide bonds. The second-order valence-electron chi connectivity index (χ2n) is 6.62. The van der Waals surface area contributed by atoms with Crippen molar-refractivity contribution in [3.63, 3.8) is 0 Å². The van der Waals surface area contributed by atoms with Gasteiger partial charge < -0.3 is 10.1 Å². The standard InChI is InChI=1S/C25H23NO2/c1-19(26-20(2)27)8-9-21-10-14-24(15-11-21)28-25-16-12-23(13-17-25)18-22-6-4-3-5-7-22/h3-7,10-17,19H,18H2,1-2H3,(H,26,27). The molecule has 0 heterocycles. The lowest BCUT2D eigenvalue weighted by atomic mass is 10.1. The van der Waals surface area contributed by atoms with Gasteiger partial charge in [-0.3, -0.25) is 4.79 Å². The van der Waals surface area contributed by atoms with Gasteiger partial charge in [-0.15, -0.1) is 0 Å². The molecule has 1 atom stereocenters. The van der Waals surface area contributed by atoms with Gasteiger partial charge in [0.15, 0.2) is 0 Å². The monoisotopic (exact) mass is 369 g/mol. The van der Waals surface area contributed by atoms with E-state index in [9.17, 15) is 4.79 Å². The van der Waals surface area contributed by atoms with Crippen molar-refractivity contribution in [3.8, 4) is 23.3 Å². The lowest BCUT2D eigenvalue weighted by Crippen LogP contribution is -2.28. The molecule has 3 aromatic rings. The fourth-order valence-electron chi connectivity index (χ4n) is 2.78. The van der Waals surface area contributed by atoms with E-state index in [2.05, 4.69) is 53.6 Å². The van der Waals surface area contributed by atoms with Gasteiger partial charge in [0.25, 0.3) is 0 Å². The molecule has 140 valence electrons. The Labute approximate surface area is 166 Å². The molecule has 0 aromatic heterocycles. The highest BCUT2D eigenvalue weighted by Gasteiger charge is 2.01. The lowest BCUT2D eigenvalue weighted by molar-refractivity contribution is -0.119. The van der Waals surface area contributed by atoms with E-state index >= 15 is 0 Å². The summed E-state index contributed by atoms with van der Waals surface area (Å²) in [6, 6.07) is 26.0. The Morgan fingerprint density at radius 2 is 1.46 bits per heavy atom. The highest BCUT2D eigenvalue weighted by molar-refractivity contribution is 5.73. The van der Waals surface area contributed by atoms with E-state index in [0.717, 1.165) is 23.5 Å². The molecule has 1 unspecified atom stereocenters. The molecule has 0 saturated heterocycles. The Balaban J connectivity index is 1.58. The smallest absolute Gasteiger partial charge is 0.217 e. The number of carbonyl (C=O) groups excluding carboxylic acids is 1. The van der Waals surface area contributed by atoms with E-state index in [0.29, 0.717) is 0 Å². The number of hydrogen-bond acceptors (Lipinski definition) is 2. The van der Waals surface area contributed by atoms with Crippen LogP contribution in [0.25, 0.3) is 0 Å². The summed E-state index contributed by atoms with van der Waals surface area (Å²) in [6.07, 6.45) is 0.908. The first kappa shape index (κ1) is 19.3. The van der Waals surface area contributed by atoms with Crippen molar-refractivity contribution in [1.82, 2.24) is 5.32 Å². The molecule has 3 rings (SSSR count). The molecule has 0 radical (unpaired) electrons. The zero-order chi connectivity index (χ0) is 19.8. The van der Waals surface area contributed by atoms with Crippen molar-refractivity contribution in [3.05, 3.63) is 95.6 Å². The van der Waals surface area contributed by atoms with Gasteiger partial charge in [-0.05, 0) is 60.9 Å². The zero-order valence-electron chi connectivity index (χ0n) is 16.1. The predicted molar refractivity (Wildman–Crippen MR) is 112 cm³/mol.